The standard InChI is InChI=1S/C22H19F2NO7/c1-29-12-3-4-13-14(10-18(19(26)27)30-16(13)9-12)25-20(28)21(6-7-21)11-2-5-15-17(8-11)32-22(23,24)31-15/h2-5,8-9,14,18H,6-7,10H2,1H3,(H,25,28)(H,26,27)/t14-,18-/m1/s1. The molecule has 168 valence electrons. The second-order valence-corrected chi connectivity index (χ2v) is 8.02. The maximum Gasteiger partial charge on any atom is 0.586 e. The molecular weight excluding hydrogens is 428 g/mol. The van der Waals surface area contributed by atoms with Crippen LogP contribution in [0, 0.1) is 0 Å². The van der Waals surface area contributed by atoms with Gasteiger partial charge >= 0.3 is 12.3 Å². The Hall–Kier alpha value is -3.56. The first-order valence-corrected chi connectivity index (χ1v) is 9.99. The number of halogens is 2. The molecule has 10 heteroatoms. The molecule has 0 bridgehead atoms. The lowest BCUT2D eigenvalue weighted by atomic mass is 9.91. The molecule has 0 unspecified atom stereocenters. The Kier molecular flexibility index (Phi) is 4.44. The summed E-state index contributed by atoms with van der Waals surface area (Å²) in [4.78, 5) is 24.9. The number of amides is 1. The van der Waals surface area contributed by atoms with Gasteiger partial charge in [-0.1, -0.05) is 6.07 Å². The largest absolute Gasteiger partial charge is 0.586 e. The molecule has 0 spiro atoms. The van der Waals surface area contributed by atoms with Gasteiger partial charge < -0.3 is 29.4 Å². The molecule has 0 radical (unpaired) electrons. The molecule has 2 aliphatic heterocycles. The highest BCUT2D eigenvalue weighted by Gasteiger charge is 2.53. The lowest BCUT2D eigenvalue weighted by Gasteiger charge is -2.32. The molecular formula is C22H19F2NO7. The van der Waals surface area contributed by atoms with Gasteiger partial charge in [-0.25, -0.2) is 4.79 Å². The molecule has 1 amide bonds. The Balaban J connectivity index is 1.41. The van der Waals surface area contributed by atoms with Crippen LogP contribution in [0.25, 0.3) is 0 Å². The predicted octanol–water partition coefficient (Wildman–Crippen LogP) is 3.14. The molecule has 5 rings (SSSR count). The summed E-state index contributed by atoms with van der Waals surface area (Å²) in [5, 5.41) is 12.4. The van der Waals surface area contributed by atoms with Crippen LogP contribution < -0.4 is 24.3 Å². The van der Waals surface area contributed by atoms with Gasteiger partial charge in [0.1, 0.15) is 11.5 Å². The van der Waals surface area contributed by atoms with Gasteiger partial charge in [0, 0.05) is 18.1 Å². The Labute approximate surface area is 181 Å². The van der Waals surface area contributed by atoms with Crippen molar-refractivity contribution in [1.29, 1.82) is 0 Å². The molecule has 0 saturated heterocycles. The second-order valence-electron chi connectivity index (χ2n) is 8.02. The number of carboxylic acids is 1. The number of hydrogen-bond donors (Lipinski definition) is 2. The highest BCUT2D eigenvalue weighted by molar-refractivity contribution is 5.92. The van der Waals surface area contributed by atoms with E-state index >= 15 is 0 Å². The zero-order valence-corrected chi connectivity index (χ0v) is 16.9. The number of carboxylic acid groups (broad SMARTS) is 1. The number of hydrogen-bond acceptors (Lipinski definition) is 6. The second kappa shape index (κ2) is 6.98. The number of fused-ring (bicyclic) bond motifs is 2. The van der Waals surface area contributed by atoms with Crippen LogP contribution in [0.2, 0.25) is 0 Å². The Morgan fingerprint density at radius 3 is 2.53 bits per heavy atom. The fourth-order valence-electron chi connectivity index (χ4n) is 4.18. The van der Waals surface area contributed by atoms with E-state index in [0.29, 0.717) is 35.5 Å². The third-order valence-corrected chi connectivity index (χ3v) is 6.03. The van der Waals surface area contributed by atoms with E-state index in [2.05, 4.69) is 14.8 Å². The normalized spacial score (nSPS) is 23.5. The van der Waals surface area contributed by atoms with E-state index in [9.17, 15) is 23.5 Å². The number of nitrogens with one attached hydrogen (secondary N) is 1. The summed E-state index contributed by atoms with van der Waals surface area (Å²) < 4.78 is 46.4. The molecule has 2 heterocycles. The molecule has 32 heavy (non-hydrogen) atoms. The average Bonchev–Trinajstić information content (AvgIpc) is 3.50. The SMILES string of the molecule is COc1ccc2c(c1)O[C@@H](C(=O)O)C[C@H]2NC(=O)C1(c2ccc3c(c2)OC(F)(F)O3)CC1. The van der Waals surface area contributed by atoms with Crippen LogP contribution in [0.4, 0.5) is 8.78 Å². The molecule has 1 fully saturated rings. The zero-order chi connectivity index (χ0) is 22.7. The maximum absolute atomic E-state index is 13.4. The van der Waals surface area contributed by atoms with Crippen molar-refractivity contribution in [2.45, 2.75) is 43.1 Å². The lowest BCUT2D eigenvalue weighted by molar-refractivity contribution is -0.286. The molecule has 0 aromatic heterocycles. The van der Waals surface area contributed by atoms with Crippen molar-refractivity contribution in [2.75, 3.05) is 7.11 Å². The molecule has 2 atom stereocenters. The van der Waals surface area contributed by atoms with E-state index in [1.165, 1.54) is 19.2 Å². The number of ether oxygens (including phenoxy) is 4. The van der Waals surface area contributed by atoms with E-state index < -0.39 is 29.8 Å². The van der Waals surface area contributed by atoms with Crippen molar-refractivity contribution in [2.24, 2.45) is 0 Å². The smallest absolute Gasteiger partial charge is 0.497 e. The third kappa shape index (κ3) is 3.35. The Morgan fingerprint density at radius 2 is 1.84 bits per heavy atom. The van der Waals surface area contributed by atoms with Crippen LogP contribution in [-0.4, -0.2) is 36.5 Å². The Morgan fingerprint density at radius 1 is 1.09 bits per heavy atom. The van der Waals surface area contributed by atoms with Crippen LogP contribution in [0.1, 0.15) is 36.4 Å². The van der Waals surface area contributed by atoms with E-state index in [-0.39, 0.29) is 23.8 Å². The van der Waals surface area contributed by atoms with Gasteiger partial charge in [0.15, 0.2) is 17.6 Å². The summed E-state index contributed by atoms with van der Waals surface area (Å²) in [7, 11) is 1.48. The van der Waals surface area contributed by atoms with Crippen molar-refractivity contribution >= 4 is 11.9 Å². The van der Waals surface area contributed by atoms with Crippen molar-refractivity contribution in [3.05, 3.63) is 47.5 Å². The number of carbonyl (C=O) groups is 2. The Bertz CT molecular complexity index is 1120. The molecule has 2 N–H and O–H groups in total. The highest BCUT2D eigenvalue weighted by atomic mass is 19.3. The van der Waals surface area contributed by atoms with Crippen molar-refractivity contribution < 1.29 is 42.4 Å². The molecule has 1 aliphatic carbocycles. The number of rotatable bonds is 5. The topological polar surface area (TPSA) is 103 Å². The summed E-state index contributed by atoms with van der Waals surface area (Å²) in [6.45, 7) is 0. The fraction of sp³-hybridized carbons (Fsp3) is 0.364. The van der Waals surface area contributed by atoms with Crippen molar-refractivity contribution in [1.82, 2.24) is 5.32 Å². The molecule has 1 saturated carbocycles. The maximum atomic E-state index is 13.4. The molecule has 2 aromatic carbocycles. The number of methoxy groups -OCH3 is 1. The first-order chi connectivity index (χ1) is 15.2. The summed E-state index contributed by atoms with van der Waals surface area (Å²) in [5.41, 5.74) is 0.268. The van der Waals surface area contributed by atoms with E-state index in [1.807, 2.05) is 0 Å². The van der Waals surface area contributed by atoms with Gasteiger partial charge in [-0.05, 0) is 42.7 Å². The predicted molar refractivity (Wildman–Crippen MR) is 104 cm³/mol. The summed E-state index contributed by atoms with van der Waals surface area (Å²) in [5.74, 6) is -0.858. The number of carbonyl (C=O) groups excluding carboxylic acids is 1. The third-order valence-electron chi connectivity index (χ3n) is 6.03. The van der Waals surface area contributed by atoms with Gasteiger partial charge in [-0.2, -0.15) is 0 Å². The lowest BCUT2D eigenvalue weighted by Crippen LogP contribution is -2.43. The van der Waals surface area contributed by atoms with Gasteiger partial charge in [-0.15, -0.1) is 8.78 Å². The van der Waals surface area contributed by atoms with Gasteiger partial charge in [-0.3, -0.25) is 4.79 Å². The average molecular weight is 447 g/mol. The summed E-state index contributed by atoms with van der Waals surface area (Å²) in [6.07, 6.45) is -3.78. The minimum Gasteiger partial charge on any atom is -0.497 e. The van der Waals surface area contributed by atoms with Crippen LogP contribution in [-0.2, 0) is 15.0 Å². The van der Waals surface area contributed by atoms with Crippen LogP contribution in [0.15, 0.2) is 36.4 Å². The molecule has 2 aromatic rings. The summed E-state index contributed by atoms with van der Waals surface area (Å²) >= 11 is 0. The molecule has 3 aliphatic rings. The van der Waals surface area contributed by atoms with Crippen LogP contribution in [0.3, 0.4) is 0 Å². The number of benzene rings is 2. The van der Waals surface area contributed by atoms with E-state index in [4.69, 9.17) is 9.47 Å². The van der Waals surface area contributed by atoms with E-state index in [0.717, 1.165) is 0 Å². The first kappa shape index (κ1) is 20.3. The number of aliphatic carboxylic acids is 1. The van der Waals surface area contributed by atoms with Gasteiger partial charge in [0.25, 0.3) is 0 Å². The minimum atomic E-state index is -3.74. The first-order valence-electron chi connectivity index (χ1n) is 9.99. The van der Waals surface area contributed by atoms with Crippen molar-refractivity contribution in [3.8, 4) is 23.0 Å². The minimum absolute atomic E-state index is 0.0455. The quantitative estimate of drug-likeness (QED) is 0.726. The summed E-state index contributed by atoms with van der Waals surface area (Å²) in [6, 6.07) is 8.72. The highest BCUT2D eigenvalue weighted by Crippen LogP contribution is 2.52. The van der Waals surface area contributed by atoms with Gasteiger partial charge in [0.05, 0.1) is 18.6 Å². The monoisotopic (exact) mass is 447 g/mol. The van der Waals surface area contributed by atoms with Crippen LogP contribution in [0.5, 0.6) is 23.0 Å². The van der Waals surface area contributed by atoms with Crippen molar-refractivity contribution in [3.63, 3.8) is 0 Å². The fourth-order valence-corrected chi connectivity index (χ4v) is 4.18. The van der Waals surface area contributed by atoms with Crippen LogP contribution >= 0.6 is 0 Å². The zero-order valence-electron chi connectivity index (χ0n) is 16.9. The van der Waals surface area contributed by atoms with Gasteiger partial charge in [0.2, 0.25) is 5.91 Å². The number of alkyl halides is 2. The molecule has 8 nitrogen and oxygen atoms in total. The van der Waals surface area contributed by atoms with E-state index in [1.54, 1.807) is 24.3 Å².